The van der Waals surface area contributed by atoms with Gasteiger partial charge in [-0.15, -0.1) is 0 Å². The Bertz CT molecular complexity index is 395. The molecule has 0 aliphatic heterocycles. The van der Waals surface area contributed by atoms with Gasteiger partial charge in [0.1, 0.15) is 11.6 Å². The highest BCUT2D eigenvalue weighted by atomic mass is 19.1. The van der Waals surface area contributed by atoms with Crippen LogP contribution in [0.25, 0.3) is 0 Å². The number of benzene rings is 1. The molecule has 1 atom stereocenters. The van der Waals surface area contributed by atoms with Gasteiger partial charge in [-0.3, -0.25) is 4.79 Å². The molecule has 17 heavy (non-hydrogen) atoms. The minimum Gasteiger partial charge on any atom is -0.496 e. The number of nitrogens with two attached hydrogens (primary N) is 1. The molecule has 0 radical (unpaired) electrons. The van der Waals surface area contributed by atoms with Gasteiger partial charge in [-0.2, -0.15) is 0 Å². The Labute approximate surface area is 99.5 Å². The fraction of sp³-hybridized carbons (Fsp3) is 0.417. The zero-order valence-corrected chi connectivity index (χ0v) is 9.90. The maximum Gasteiger partial charge on any atom is 0.307 e. The summed E-state index contributed by atoms with van der Waals surface area (Å²) in [6.45, 7) is 2.01. The summed E-state index contributed by atoms with van der Waals surface area (Å²) >= 11 is 0. The summed E-state index contributed by atoms with van der Waals surface area (Å²) in [4.78, 5) is 11.3. The van der Waals surface area contributed by atoms with Crippen LogP contribution in [0.4, 0.5) is 4.39 Å². The Morgan fingerprint density at radius 1 is 1.53 bits per heavy atom. The molecule has 0 aliphatic rings. The van der Waals surface area contributed by atoms with Crippen molar-refractivity contribution in [2.75, 3.05) is 13.7 Å². The Hall–Kier alpha value is -1.62. The average Bonchev–Trinajstić information content (AvgIpc) is 2.29. The van der Waals surface area contributed by atoms with Crippen LogP contribution < -0.4 is 10.5 Å². The number of halogens is 1. The summed E-state index contributed by atoms with van der Waals surface area (Å²) < 4.78 is 23.0. The predicted molar refractivity (Wildman–Crippen MR) is 61.1 cm³/mol. The number of hydrogen-bond donors (Lipinski definition) is 1. The normalized spacial score (nSPS) is 12.0. The largest absolute Gasteiger partial charge is 0.496 e. The van der Waals surface area contributed by atoms with Crippen molar-refractivity contribution in [3.63, 3.8) is 0 Å². The van der Waals surface area contributed by atoms with E-state index in [0.717, 1.165) is 0 Å². The smallest absolute Gasteiger partial charge is 0.307 e. The summed E-state index contributed by atoms with van der Waals surface area (Å²) in [6, 6.07) is 3.39. The minimum atomic E-state index is -0.639. The zero-order chi connectivity index (χ0) is 12.8. The highest BCUT2D eigenvalue weighted by Crippen LogP contribution is 2.26. The molecule has 2 N–H and O–H groups in total. The number of hydrogen-bond acceptors (Lipinski definition) is 4. The highest BCUT2D eigenvalue weighted by molar-refractivity contribution is 5.70. The van der Waals surface area contributed by atoms with E-state index < -0.39 is 17.8 Å². The number of rotatable bonds is 5. The van der Waals surface area contributed by atoms with Crippen LogP contribution >= 0.6 is 0 Å². The predicted octanol–water partition coefficient (Wildman–Crippen LogP) is 1.79. The summed E-state index contributed by atoms with van der Waals surface area (Å²) in [6.07, 6.45) is -0.00630. The van der Waals surface area contributed by atoms with Crippen molar-refractivity contribution in [2.45, 2.75) is 19.4 Å². The van der Waals surface area contributed by atoms with Crippen molar-refractivity contribution in [3.05, 3.63) is 29.6 Å². The monoisotopic (exact) mass is 241 g/mol. The van der Waals surface area contributed by atoms with Gasteiger partial charge in [0.2, 0.25) is 0 Å². The van der Waals surface area contributed by atoms with Crippen molar-refractivity contribution >= 4 is 5.97 Å². The van der Waals surface area contributed by atoms with E-state index in [1.807, 2.05) is 0 Å². The van der Waals surface area contributed by atoms with Gasteiger partial charge in [0.05, 0.1) is 20.1 Å². The lowest BCUT2D eigenvalue weighted by Crippen LogP contribution is -2.18. The molecular formula is C12H16FNO3. The molecule has 0 fully saturated rings. The summed E-state index contributed by atoms with van der Waals surface area (Å²) in [5.74, 6) is -0.366. The SMILES string of the molecule is CCOC(=O)C[C@H](N)c1cc(F)ccc1OC. The molecule has 0 amide bonds. The quantitative estimate of drug-likeness (QED) is 0.798. The second-order valence-corrected chi connectivity index (χ2v) is 3.50. The summed E-state index contributed by atoms with van der Waals surface area (Å²) in [5, 5.41) is 0. The topological polar surface area (TPSA) is 61.5 Å². The van der Waals surface area contributed by atoms with E-state index in [2.05, 4.69) is 0 Å². The van der Waals surface area contributed by atoms with E-state index in [1.165, 1.54) is 25.3 Å². The van der Waals surface area contributed by atoms with Gasteiger partial charge < -0.3 is 15.2 Å². The lowest BCUT2D eigenvalue weighted by molar-refractivity contribution is -0.143. The average molecular weight is 241 g/mol. The van der Waals surface area contributed by atoms with Crippen molar-refractivity contribution < 1.29 is 18.7 Å². The second kappa shape index (κ2) is 6.20. The third-order valence-corrected chi connectivity index (χ3v) is 2.28. The fourth-order valence-corrected chi connectivity index (χ4v) is 1.50. The van der Waals surface area contributed by atoms with Crippen molar-refractivity contribution in [3.8, 4) is 5.75 Å². The van der Waals surface area contributed by atoms with Crippen LogP contribution in [-0.4, -0.2) is 19.7 Å². The van der Waals surface area contributed by atoms with Gasteiger partial charge in [-0.1, -0.05) is 0 Å². The first-order valence-corrected chi connectivity index (χ1v) is 5.33. The molecular weight excluding hydrogens is 225 g/mol. The van der Waals surface area contributed by atoms with E-state index in [9.17, 15) is 9.18 Å². The maximum absolute atomic E-state index is 13.1. The molecule has 94 valence electrons. The Morgan fingerprint density at radius 2 is 2.24 bits per heavy atom. The Balaban J connectivity index is 2.83. The molecule has 0 bridgehead atoms. The van der Waals surface area contributed by atoms with E-state index in [-0.39, 0.29) is 6.42 Å². The molecule has 0 heterocycles. The first kappa shape index (κ1) is 13.4. The molecule has 0 unspecified atom stereocenters. The standard InChI is InChI=1S/C12H16FNO3/c1-3-17-12(15)7-10(14)9-6-8(13)4-5-11(9)16-2/h4-6,10H,3,7,14H2,1-2H3/t10-/m0/s1. The van der Waals surface area contributed by atoms with Gasteiger partial charge in [-0.25, -0.2) is 4.39 Å². The first-order valence-electron chi connectivity index (χ1n) is 5.33. The molecule has 0 spiro atoms. The van der Waals surface area contributed by atoms with Gasteiger partial charge in [0.15, 0.2) is 0 Å². The lowest BCUT2D eigenvalue weighted by Gasteiger charge is -2.15. The number of methoxy groups -OCH3 is 1. The lowest BCUT2D eigenvalue weighted by atomic mass is 10.0. The van der Waals surface area contributed by atoms with Crippen LogP contribution in [-0.2, 0) is 9.53 Å². The second-order valence-electron chi connectivity index (χ2n) is 3.50. The van der Waals surface area contributed by atoms with Crippen molar-refractivity contribution in [1.82, 2.24) is 0 Å². The van der Waals surface area contributed by atoms with Crippen LogP contribution in [0.1, 0.15) is 24.9 Å². The molecule has 0 aromatic heterocycles. The van der Waals surface area contributed by atoms with E-state index in [4.69, 9.17) is 15.2 Å². The van der Waals surface area contributed by atoms with E-state index in [1.54, 1.807) is 6.92 Å². The van der Waals surface area contributed by atoms with Crippen LogP contribution in [0.3, 0.4) is 0 Å². The Morgan fingerprint density at radius 3 is 2.82 bits per heavy atom. The molecule has 5 heteroatoms. The van der Waals surface area contributed by atoms with Gasteiger partial charge in [0.25, 0.3) is 0 Å². The molecule has 1 aromatic rings. The molecule has 1 aromatic carbocycles. The van der Waals surface area contributed by atoms with Gasteiger partial charge in [0, 0.05) is 11.6 Å². The summed E-state index contributed by atoms with van der Waals surface area (Å²) in [5.41, 5.74) is 6.28. The molecule has 0 aliphatic carbocycles. The fourth-order valence-electron chi connectivity index (χ4n) is 1.50. The van der Waals surface area contributed by atoms with Crippen LogP contribution in [0, 0.1) is 5.82 Å². The minimum absolute atomic E-state index is 0.00630. The highest BCUT2D eigenvalue weighted by Gasteiger charge is 2.17. The van der Waals surface area contributed by atoms with Crippen LogP contribution in [0.5, 0.6) is 5.75 Å². The first-order chi connectivity index (χ1) is 8.08. The van der Waals surface area contributed by atoms with Gasteiger partial charge >= 0.3 is 5.97 Å². The zero-order valence-electron chi connectivity index (χ0n) is 9.90. The van der Waals surface area contributed by atoms with E-state index in [0.29, 0.717) is 17.9 Å². The molecule has 0 saturated heterocycles. The number of esters is 1. The maximum atomic E-state index is 13.1. The van der Waals surface area contributed by atoms with Crippen LogP contribution in [0.15, 0.2) is 18.2 Å². The molecule has 1 rings (SSSR count). The third-order valence-electron chi connectivity index (χ3n) is 2.28. The third kappa shape index (κ3) is 3.71. The van der Waals surface area contributed by atoms with Crippen LogP contribution in [0.2, 0.25) is 0 Å². The Kier molecular flexibility index (Phi) is 4.90. The molecule has 0 saturated carbocycles. The summed E-state index contributed by atoms with van der Waals surface area (Å²) in [7, 11) is 1.47. The van der Waals surface area contributed by atoms with Gasteiger partial charge in [-0.05, 0) is 25.1 Å². The molecule has 4 nitrogen and oxygen atoms in total. The number of carbonyl (C=O) groups excluding carboxylic acids is 1. The number of ether oxygens (including phenoxy) is 2. The number of carbonyl (C=O) groups is 1. The van der Waals surface area contributed by atoms with E-state index >= 15 is 0 Å². The van der Waals surface area contributed by atoms with Crippen molar-refractivity contribution in [1.29, 1.82) is 0 Å². The van der Waals surface area contributed by atoms with Crippen molar-refractivity contribution in [2.24, 2.45) is 5.73 Å².